The number of benzene rings is 2. The lowest BCUT2D eigenvalue weighted by Gasteiger charge is -2.36. The number of carbonyl (C=O) groups excluding carboxylic acids is 2. The van der Waals surface area contributed by atoms with Crippen molar-refractivity contribution < 1.29 is 18.7 Å². The number of rotatable bonds is 5. The third-order valence-electron chi connectivity index (χ3n) is 6.61. The summed E-state index contributed by atoms with van der Waals surface area (Å²) in [5.41, 5.74) is 3.34. The lowest BCUT2D eigenvalue weighted by atomic mass is 10.1. The molecular formula is C27H30N4O4. The number of aromatic nitrogens is 1. The molecule has 5 rings (SSSR count). The van der Waals surface area contributed by atoms with E-state index in [0.717, 1.165) is 18.7 Å². The molecule has 2 amide bonds. The molecule has 0 unspecified atom stereocenters. The molecule has 3 aromatic rings. The summed E-state index contributed by atoms with van der Waals surface area (Å²) in [5.74, 6) is 1.12. The molecule has 0 bridgehead atoms. The molecule has 0 spiro atoms. The average molecular weight is 475 g/mol. The molecule has 0 saturated carbocycles. The number of ether oxygens (including phenoxy) is 1. The van der Waals surface area contributed by atoms with Gasteiger partial charge in [-0.25, -0.2) is 4.98 Å². The lowest BCUT2D eigenvalue weighted by Crippen LogP contribution is -2.53. The Labute approximate surface area is 205 Å². The van der Waals surface area contributed by atoms with Crippen molar-refractivity contribution in [1.82, 2.24) is 19.7 Å². The van der Waals surface area contributed by atoms with Gasteiger partial charge in [0.1, 0.15) is 0 Å². The third kappa shape index (κ3) is 5.28. The maximum Gasteiger partial charge on any atom is 0.254 e. The second-order valence-corrected chi connectivity index (χ2v) is 9.00. The topological polar surface area (TPSA) is 79.1 Å². The standard InChI is InChI=1S/C27H30N4O4/c1-20-6-8-21(9-7-20)24-18-28-26(35-24)22-4-2-3-5-23(22)27(33)31-12-10-30(11-13-31)25(32)19-29-14-16-34-17-15-29/h2-9,18H,10-17,19H2,1H3. The van der Waals surface area contributed by atoms with Gasteiger partial charge in [0, 0.05) is 50.4 Å². The van der Waals surface area contributed by atoms with Crippen molar-refractivity contribution in [2.24, 2.45) is 0 Å². The number of piperazine rings is 1. The molecule has 8 nitrogen and oxygen atoms in total. The minimum atomic E-state index is -0.0732. The summed E-state index contributed by atoms with van der Waals surface area (Å²) in [7, 11) is 0. The molecule has 2 aromatic carbocycles. The van der Waals surface area contributed by atoms with Crippen LogP contribution in [0.5, 0.6) is 0 Å². The maximum atomic E-state index is 13.4. The van der Waals surface area contributed by atoms with Gasteiger partial charge in [-0.2, -0.15) is 0 Å². The largest absolute Gasteiger partial charge is 0.436 e. The zero-order chi connectivity index (χ0) is 24.2. The number of nitrogens with zero attached hydrogens (tertiary/aromatic N) is 4. The Morgan fingerprint density at radius 2 is 1.57 bits per heavy atom. The Hall–Kier alpha value is -3.49. The minimum Gasteiger partial charge on any atom is -0.436 e. The van der Waals surface area contributed by atoms with E-state index in [1.165, 1.54) is 5.56 Å². The van der Waals surface area contributed by atoms with Crippen molar-refractivity contribution >= 4 is 11.8 Å². The molecule has 0 N–H and O–H groups in total. The highest BCUT2D eigenvalue weighted by Gasteiger charge is 2.28. The number of aryl methyl sites for hydroxylation is 1. The summed E-state index contributed by atoms with van der Waals surface area (Å²) in [4.78, 5) is 36.4. The van der Waals surface area contributed by atoms with E-state index < -0.39 is 0 Å². The molecule has 0 radical (unpaired) electrons. The van der Waals surface area contributed by atoms with Gasteiger partial charge in [0.2, 0.25) is 11.8 Å². The smallest absolute Gasteiger partial charge is 0.254 e. The van der Waals surface area contributed by atoms with Crippen LogP contribution in [0.15, 0.2) is 59.1 Å². The number of hydrogen-bond donors (Lipinski definition) is 0. The van der Waals surface area contributed by atoms with E-state index in [0.29, 0.717) is 68.7 Å². The average Bonchev–Trinajstić information content (AvgIpc) is 3.39. The molecular weight excluding hydrogens is 444 g/mol. The first-order valence-corrected chi connectivity index (χ1v) is 12.1. The van der Waals surface area contributed by atoms with E-state index in [-0.39, 0.29) is 11.8 Å². The SMILES string of the molecule is Cc1ccc(-c2cnc(-c3ccccc3C(=O)N3CCN(C(=O)CN4CCOCC4)CC3)o2)cc1. The second-order valence-electron chi connectivity index (χ2n) is 9.00. The Bertz CT molecular complexity index is 1180. The van der Waals surface area contributed by atoms with Crippen molar-refractivity contribution in [3.8, 4) is 22.8 Å². The van der Waals surface area contributed by atoms with Gasteiger partial charge >= 0.3 is 0 Å². The maximum absolute atomic E-state index is 13.4. The van der Waals surface area contributed by atoms with Gasteiger partial charge in [-0.3, -0.25) is 14.5 Å². The van der Waals surface area contributed by atoms with E-state index in [9.17, 15) is 9.59 Å². The van der Waals surface area contributed by atoms with Gasteiger partial charge in [0.25, 0.3) is 5.91 Å². The first-order chi connectivity index (χ1) is 17.1. The number of carbonyl (C=O) groups is 2. The van der Waals surface area contributed by atoms with Gasteiger partial charge in [0.05, 0.1) is 31.5 Å². The first-order valence-electron chi connectivity index (χ1n) is 12.1. The van der Waals surface area contributed by atoms with Crippen LogP contribution < -0.4 is 0 Å². The zero-order valence-electron chi connectivity index (χ0n) is 20.0. The molecule has 8 heteroatoms. The van der Waals surface area contributed by atoms with Crippen molar-refractivity contribution in [1.29, 1.82) is 0 Å². The normalized spacial score (nSPS) is 16.9. The molecule has 1 aromatic heterocycles. The molecule has 2 aliphatic rings. The first kappa shape index (κ1) is 23.3. The summed E-state index contributed by atoms with van der Waals surface area (Å²) in [5, 5.41) is 0. The van der Waals surface area contributed by atoms with E-state index in [4.69, 9.17) is 9.15 Å². The Morgan fingerprint density at radius 3 is 2.31 bits per heavy atom. The van der Waals surface area contributed by atoms with Gasteiger partial charge in [0.15, 0.2) is 5.76 Å². The molecule has 182 valence electrons. The molecule has 2 saturated heterocycles. The van der Waals surface area contributed by atoms with Crippen molar-refractivity contribution in [2.75, 3.05) is 59.0 Å². The summed E-state index contributed by atoms with van der Waals surface area (Å²) < 4.78 is 11.4. The third-order valence-corrected chi connectivity index (χ3v) is 6.61. The van der Waals surface area contributed by atoms with E-state index in [1.807, 2.05) is 60.4 Å². The van der Waals surface area contributed by atoms with Crippen LogP contribution in [-0.2, 0) is 9.53 Å². The van der Waals surface area contributed by atoms with Crippen LogP contribution in [-0.4, -0.2) is 90.5 Å². The fourth-order valence-electron chi connectivity index (χ4n) is 4.49. The molecule has 2 fully saturated rings. The molecule has 35 heavy (non-hydrogen) atoms. The van der Waals surface area contributed by atoms with Crippen LogP contribution in [0.4, 0.5) is 0 Å². The zero-order valence-corrected chi connectivity index (χ0v) is 20.0. The Morgan fingerprint density at radius 1 is 0.886 bits per heavy atom. The lowest BCUT2D eigenvalue weighted by molar-refractivity contribution is -0.134. The summed E-state index contributed by atoms with van der Waals surface area (Å²) in [6.07, 6.45) is 1.69. The Kier molecular flexibility index (Phi) is 6.92. The van der Waals surface area contributed by atoms with Crippen LogP contribution >= 0.6 is 0 Å². The second kappa shape index (κ2) is 10.4. The van der Waals surface area contributed by atoms with Gasteiger partial charge < -0.3 is 19.0 Å². The molecule has 2 aliphatic heterocycles. The van der Waals surface area contributed by atoms with E-state index in [2.05, 4.69) is 9.88 Å². The predicted molar refractivity (Wildman–Crippen MR) is 132 cm³/mol. The fraction of sp³-hybridized carbons (Fsp3) is 0.370. The van der Waals surface area contributed by atoms with Crippen molar-refractivity contribution in [3.63, 3.8) is 0 Å². The van der Waals surface area contributed by atoms with Crippen molar-refractivity contribution in [3.05, 3.63) is 65.9 Å². The minimum absolute atomic E-state index is 0.0732. The molecule has 0 aliphatic carbocycles. The number of morpholine rings is 1. The van der Waals surface area contributed by atoms with E-state index in [1.54, 1.807) is 11.1 Å². The van der Waals surface area contributed by atoms with Gasteiger partial charge in [-0.1, -0.05) is 42.0 Å². The highest BCUT2D eigenvalue weighted by atomic mass is 16.5. The molecule has 0 atom stereocenters. The summed E-state index contributed by atoms with van der Waals surface area (Å²) in [6.45, 7) is 7.44. The summed E-state index contributed by atoms with van der Waals surface area (Å²) >= 11 is 0. The van der Waals surface area contributed by atoms with Gasteiger partial charge in [-0.15, -0.1) is 0 Å². The number of amides is 2. The van der Waals surface area contributed by atoms with Crippen LogP contribution in [0.25, 0.3) is 22.8 Å². The highest BCUT2D eigenvalue weighted by Crippen LogP contribution is 2.29. The van der Waals surface area contributed by atoms with Crippen LogP contribution in [0.3, 0.4) is 0 Å². The van der Waals surface area contributed by atoms with Crippen LogP contribution in [0, 0.1) is 6.92 Å². The fourth-order valence-corrected chi connectivity index (χ4v) is 4.49. The van der Waals surface area contributed by atoms with Gasteiger partial charge in [-0.05, 0) is 19.1 Å². The predicted octanol–water partition coefficient (Wildman–Crippen LogP) is 2.93. The van der Waals surface area contributed by atoms with Crippen LogP contribution in [0.2, 0.25) is 0 Å². The molecule has 3 heterocycles. The highest BCUT2D eigenvalue weighted by molar-refractivity contribution is 6.00. The van der Waals surface area contributed by atoms with Crippen LogP contribution in [0.1, 0.15) is 15.9 Å². The van der Waals surface area contributed by atoms with Crippen molar-refractivity contribution in [2.45, 2.75) is 6.92 Å². The van der Waals surface area contributed by atoms with E-state index >= 15 is 0 Å². The summed E-state index contributed by atoms with van der Waals surface area (Å²) in [6, 6.07) is 15.4. The monoisotopic (exact) mass is 474 g/mol. The number of hydrogen-bond acceptors (Lipinski definition) is 6. The quantitative estimate of drug-likeness (QED) is 0.566. The number of oxazole rings is 1. The Balaban J connectivity index is 1.25.